The van der Waals surface area contributed by atoms with Crippen LogP contribution in [0.25, 0.3) is 0 Å². The second-order valence-corrected chi connectivity index (χ2v) is 8.10. The first-order valence-electron chi connectivity index (χ1n) is 6.75. The third-order valence-electron chi connectivity index (χ3n) is 2.95. The number of benzene rings is 1. The molecule has 0 aliphatic heterocycles. The summed E-state index contributed by atoms with van der Waals surface area (Å²) in [4.78, 5) is 2.04. The van der Waals surface area contributed by atoms with Gasteiger partial charge in [-0.3, -0.25) is 0 Å². The third-order valence-corrected chi connectivity index (χ3v) is 4.25. The van der Waals surface area contributed by atoms with Gasteiger partial charge in [0.25, 0.3) is 0 Å². The first kappa shape index (κ1) is 17.6. The van der Waals surface area contributed by atoms with E-state index < -0.39 is 10.0 Å². The van der Waals surface area contributed by atoms with Crippen LogP contribution in [0.3, 0.4) is 0 Å². The van der Waals surface area contributed by atoms with Crippen molar-refractivity contribution in [2.75, 3.05) is 27.2 Å². The lowest BCUT2D eigenvalue weighted by atomic mass is 9.93. The highest BCUT2D eigenvalue weighted by Gasteiger charge is 2.22. The SMILES string of the molecule is CN(C)CC(C)(C)CNS(=O)(=O)Cc1ccc(C#N)cc1. The highest BCUT2D eigenvalue weighted by Crippen LogP contribution is 2.15. The Bertz CT molecular complexity index is 599. The Labute approximate surface area is 127 Å². The average molecular weight is 309 g/mol. The first-order valence-corrected chi connectivity index (χ1v) is 8.40. The highest BCUT2D eigenvalue weighted by atomic mass is 32.2. The van der Waals surface area contributed by atoms with Crippen LogP contribution in [-0.4, -0.2) is 40.5 Å². The number of nitrogens with zero attached hydrogens (tertiary/aromatic N) is 2. The Kier molecular flexibility index (Phi) is 5.90. The molecule has 0 amide bonds. The van der Waals surface area contributed by atoms with Gasteiger partial charge in [0.05, 0.1) is 17.4 Å². The van der Waals surface area contributed by atoms with E-state index in [1.165, 1.54) is 0 Å². The van der Waals surface area contributed by atoms with Gasteiger partial charge in [-0.15, -0.1) is 0 Å². The molecule has 0 saturated carbocycles. The van der Waals surface area contributed by atoms with E-state index in [2.05, 4.69) is 4.72 Å². The Balaban J connectivity index is 2.63. The van der Waals surface area contributed by atoms with E-state index in [-0.39, 0.29) is 11.2 Å². The molecule has 0 aromatic heterocycles. The smallest absolute Gasteiger partial charge is 0.215 e. The molecule has 0 heterocycles. The fourth-order valence-electron chi connectivity index (χ4n) is 2.16. The summed E-state index contributed by atoms with van der Waals surface area (Å²) in [5.74, 6) is -0.0727. The molecule has 1 N–H and O–H groups in total. The predicted octanol–water partition coefficient (Wildman–Crippen LogP) is 1.57. The quantitative estimate of drug-likeness (QED) is 0.829. The molecule has 0 spiro atoms. The maximum Gasteiger partial charge on any atom is 0.215 e. The van der Waals surface area contributed by atoms with Crippen molar-refractivity contribution >= 4 is 10.0 Å². The summed E-state index contributed by atoms with van der Waals surface area (Å²) >= 11 is 0. The molecular weight excluding hydrogens is 286 g/mol. The van der Waals surface area contributed by atoms with Gasteiger partial charge in [0.1, 0.15) is 0 Å². The van der Waals surface area contributed by atoms with Gasteiger partial charge in [-0.1, -0.05) is 26.0 Å². The molecule has 1 aromatic carbocycles. The van der Waals surface area contributed by atoms with Gasteiger partial charge >= 0.3 is 0 Å². The summed E-state index contributed by atoms with van der Waals surface area (Å²) < 4.78 is 26.9. The van der Waals surface area contributed by atoms with Crippen molar-refractivity contribution in [1.82, 2.24) is 9.62 Å². The van der Waals surface area contributed by atoms with Crippen LogP contribution in [-0.2, 0) is 15.8 Å². The molecular formula is C15H23N3O2S. The molecule has 1 aromatic rings. The standard InChI is InChI=1S/C15H23N3O2S/c1-15(2,12-18(3)4)11-17-21(19,20)10-14-7-5-13(9-16)6-8-14/h5-8,17H,10-12H2,1-4H3. The average Bonchev–Trinajstić information content (AvgIpc) is 2.36. The van der Waals surface area contributed by atoms with Gasteiger partial charge in [0.15, 0.2) is 0 Å². The van der Waals surface area contributed by atoms with Crippen LogP contribution in [0.4, 0.5) is 0 Å². The van der Waals surface area contributed by atoms with Gasteiger partial charge in [0.2, 0.25) is 10.0 Å². The van der Waals surface area contributed by atoms with E-state index in [0.29, 0.717) is 17.7 Å². The zero-order valence-corrected chi connectivity index (χ0v) is 13.9. The molecule has 0 bridgehead atoms. The van der Waals surface area contributed by atoms with Crippen LogP contribution >= 0.6 is 0 Å². The molecule has 21 heavy (non-hydrogen) atoms. The topological polar surface area (TPSA) is 73.2 Å². The van der Waals surface area contributed by atoms with E-state index in [9.17, 15) is 8.42 Å². The fourth-order valence-corrected chi connectivity index (χ4v) is 3.51. The maximum atomic E-state index is 12.1. The fraction of sp³-hybridized carbons (Fsp3) is 0.533. The van der Waals surface area contributed by atoms with Crippen molar-refractivity contribution < 1.29 is 8.42 Å². The predicted molar refractivity (Wildman–Crippen MR) is 84.1 cm³/mol. The largest absolute Gasteiger partial charge is 0.309 e. The molecule has 0 atom stereocenters. The number of hydrogen-bond donors (Lipinski definition) is 1. The zero-order valence-electron chi connectivity index (χ0n) is 13.0. The van der Waals surface area contributed by atoms with Gasteiger partial charge in [-0.2, -0.15) is 5.26 Å². The van der Waals surface area contributed by atoms with Crippen molar-refractivity contribution in [2.24, 2.45) is 5.41 Å². The number of rotatable bonds is 7. The van der Waals surface area contributed by atoms with Crippen molar-refractivity contribution in [2.45, 2.75) is 19.6 Å². The second kappa shape index (κ2) is 7.03. The lowest BCUT2D eigenvalue weighted by molar-refractivity contribution is 0.242. The zero-order chi connectivity index (χ0) is 16.1. The van der Waals surface area contributed by atoms with Gasteiger partial charge < -0.3 is 4.90 Å². The van der Waals surface area contributed by atoms with Crippen LogP contribution in [0.1, 0.15) is 25.0 Å². The molecule has 0 radical (unpaired) electrons. The van der Waals surface area contributed by atoms with Crippen LogP contribution < -0.4 is 4.72 Å². The van der Waals surface area contributed by atoms with E-state index in [0.717, 1.165) is 6.54 Å². The Morgan fingerprint density at radius 2 is 1.81 bits per heavy atom. The minimum absolute atomic E-state index is 0.0727. The van der Waals surface area contributed by atoms with Crippen molar-refractivity contribution in [3.63, 3.8) is 0 Å². The second-order valence-electron chi connectivity index (χ2n) is 6.29. The van der Waals surface area contributed by atoms with Gasteiger partial charge in [0, 0.05) is 13.1 Å². The Hall–Kier alpha value is -1.42. The van der Waals surface area contributed by atoms with E-state index in [4.69, 9.17) is 5.26 Å². The summed E-state index contributed by atoms with van der Waals surface area (Å²) in [7, 11) is 0.556. The molecule has 116 valence electrons. The number of nitrogens with one attached hydrogen (secondary N) is 1. The van der Waals surface area contributed by atoms with Crippen molar-refractivity contribution in [3.8, 4) is 6.07 Å². The summed E-state index contributed by atoms with van der Waals surface area (Å²) in [5.41, 5.74) is 1.06. The Morgan fingerprint density at radius 3 is 2.29 bits per heavy atom. The highest BCUT2D eigenvalue weighted by molar-refractivity contribution is 7.88. The summed E-state index contributed by atoms with van der Waals surface area (Å²) in [6.45, 7) is 5.24. The normalized spacial score (nSPS) is 12.4. The first-order chi connectivity index (χ1) is 9.63. The molecule has 0 saturated heterocycles. The minimum Gasteiger partial charge on any atom is -0.309 e. The van der Waals surface area contributed by atoms with E-state index in [1.54, 1.807) is 24.3 Å². The van der Waals surface area contributed by atoms with Crippen LogP contribution in [0, 0.1) is 16.7 Å². The van der Waals surface area contributed by atoms with Crippen LogP contribution in [0.15, 0.2) is 24.3 Å². The summed E-state index contributed by atoms with van der Waals surface area (Å²) in [6.07, 6.45) is 0. The Morgan fingerprint density at radius 1 is 1.24 bits per heavy atom. The number of nitriles is 1. The lowest BCUT2D eigenvalue weighted by Gasteiger charge is -2.28. The van der Waals surface area contributed by atoms with Gasteiger partial charge in [-0.25, -0.2) is 13.1 Å². The van der Waals surface area contributed by atoms with E-state index >= 15 is 0 Å². The third kappa shape index (κ3) is 6.71. The summed E-state index contributed by atoms with van der Waals surface area (Å²) in [6, 6.07) is 8.60. The van der Waals surface area contributed by atoms with Crippen LogP contribution in [0.5, 0.6) is 0 Å². The van der Waals surface area contributed by atoms with Crippen molar-refractivity contribution in [1.29, 1.82) is 5.26 Å². The molecule has 0 fully saturated rings. The minimum atomic E-state index is -3.37. The molecule has 0 unspecified atom stereocenters. The molecule has 0 aliphatic rings. The lowest BCUT2D eigenvalue weighted by Crippen LogP contribution is -2.40. The maximum absolute atomic E-state index is 12.1. The molecule has 6 heteroatoms. The van der Waals surface area contributed by atoms with Gasteiger partial charge in [-0.05, 0) is 37.2 Å². The van der Waals surface area contributed by atoms with Crippen LogP contribution in [0.2, 0.25) is 0 Å². The number of hydrogen-bond acceptors (Lipinski definition) is 4. The molecule has 5 nitrogen and oxygen atoms in total. The molecule has 0 aliphatic carbocycles. The van der Waals surface area contributed by atoms with Crippen molar-refractivity contribution in [3.05, 3.63) is 35.4 Å². The number of sulfonamides is 1. The summed E-state index contributed by atoms with van der Waals surface area (Å²) in [5, 5.41) is 8.72. The molecule has 1 rings (SSSR count). The monoisotopic (exact) mass is 309 g/mol. The van der Waals surface area contributed by atoms with E-state index in [1.807, 2.05) is 38.9 Å².